The lowest BCUT2D eigenvalue weighted by atomic mass is 10.1. The van der Waals surface area contributed by atoms with Crippen molar-refractivity contribution in [1.29, 1.82) is 0 Å². The van der Waals surface area contributed by atoms with Crippen molar-refractivity contribution in [2.75, 3.05) is 24.5 Å². The number of benzene rings is 1. The second-order valence-corrected chi connectivity index (χ2v) is 6.52. The molecule has 124 valence electrons. The molecule has 1 aromatic carbocycles. The number of carbonyl (C=O) groups is 2. The molecule has 0 aromatic heterocycles. The van der Waals surface area contributed by atoms with Gasteiger partial charge in [0.15, 0.2) is 0 Å². The SMILES string of the molecule is CC1CN(C(=O)c2ccc(N3CCCCC3=O)cc2)CC(C)O1. The standard InChI is InChI=1S/C18H24N2O3/c1-13-11-19(12-14(2)23-13)18(22)15-6-8-16(9-7-15)20-10-4-3-5-17(20)21/h6-9,13-14H,3-5,10-12H2,1-2H3. The third-order valence-electron chi connectivity index (χ3n) is 4.46. The van der Waals surface area contributed by atoms with E-state index >= 15 is 0 Å². The molecule has 5 nitrogen and oxygen atoms in total. The molecule has 2 saturated heterocycles. The van der Waals surface area contributed by atoms with Gasteiger partial charge in [0.2, 0.25) is 5.91 Å². The fraction of sp³-hybridized carbons (Fsp3) is 0.556. The molecule has 2 fully saturated rings. The van der Waals surface area contributed by atoms with E-state index in [-0.39, 0.29) is 24.0 Å². The van der Waals surface area contributed by atoms with Crippen LogP contribution in [0.15, 0.2) is 24.3 Å². The third-order valence-corrected chi connectivity index (χ3v) is 4.46. The van der Waals surface area contributed by atoms with Crippen LogP contribution in [0.1, 0.15) is 43.5 Å². The lowest BCUT2D eigenvalue weighted by Gasteiger charge is -2.35. The Morgan fingerprint density at radius 2 is 1.74 bits per heavy atom. The lowest BCUT2D eigenvalue weighted by molar-refractivity contribution is -0.119. The summed E-state index contributed by atoms with van der Waals surface area (Å²) in [4.78, 5) is 28.3. The highest BCUT2D eigenvalue weighted by Crippen LogP contribution is 2.22. The molecule has 2 unspecified atom stereocenters. The number of ether oxygens (including phenoxy) is 1. The minimum absolute atomic E-state index is 0.0310. The van der Waals surface area contributed by atoms with Crippen LogP contribution >= 0.6 is 0 Å². The van der Waals surface area contributed by atoms with Gasteiger partial charge in [-0.25, -0.2) is 0 Å². The molecular weight excluding hydrogens is 292 g/mol. The molecule has 23 heavy (non-hydrogen) atoms. The first-order valence-corrected chi connectivity index (χ1v) is 8.40. The largest absolute Gasteiger partial charge is 0.372 e. The maximum atomic E-state index is 12.6. The molecule has 2 atom stereocenters. The highest BCUT2D eigenvalue weighted by Gasteiger charge is 2.27. The lowest BCUT2D eigenvalue weighted by Crippen LogP contribution is -2.48. The molecule has 0 aliphatic carbocycles. The van der Waals surface area contributed by atoms with E-state index in [9.17, 15) is 9.59 Å². The summed E-state index contributed by atoms with van der Waals surface area (Å²) in [6, 6.07) is 7.40. The fourth-order valence-corrected chi connectivity index (χ4v) is 3.39. The van der Waals surface area contributed by atoms with E-state index in [0.29, 0.717) is 25.1 Å². The monoisotopic (exact) mass is 316 g/mol. The van der Waals surface area contributed by atoms with Gasteiger partial charge < -0.3 is 14.5 Å². The Balaban J connectivity index is 1.71. The summed E-state index contributed by atoms with van der Waals surface area (Å²) in [5.74, 6) is 0.203. The Labute approximate surface area is 137 Å². The van der Waals surface area contributed by atoms with Gasteiger partial charge in [0.1, 0.15) is 0 Å². The van der Waals surface area contributed by atoms with E-state index in [4.69, 9.17) is 4.74 Å². The number of hydrogen-bond donors (Lipinski definition) is 0. The molecule has 1 aromatic rings. The summed E-state index contributed by atoms with van der Waals surface area (Å²) in [6.07, 6.45) is 2.75. The van der Waals surface area contributed by atoms with Crippen molar-refractivity contribution in [3.8, 4) is 0 Å². The highest BCUT2D eigenvalue weighted by atomic mass is 16.5. The average Bonchev–Trinajstić information content (AvgIpc) is 2.54. The molecule has 2 heterocycles. The second-order valence-electron chi connectivity index (χ2n) is 6.52. The fourth-order valence-electron chi connectivity index (χ4n) is 3.39. The van der Waals surface area contributed by atoms with Crippen LogP contribution in [-0.2, 0) is 9.53 Å². The number of amides is 2. The Kier molecular flexibility index (Phi) is 4.66. The van der Waals surface area contributed by atoms with Crippen LogP contribution in [0.2, 0.25) is 0 Å². The summed E-state index contributed by atoms with van der Waals surface area (Å²) in [5, 5.41) is 0. The van der Waals surface area contributed by atoms with Crippen LogP contribution < -0.4 is 4.90 Å². The van der Waals surface area contributed by atoms with E-state index in [1.165, 1.54) is 0 Å². The Hall–Kier alpha value is -1.88. The summed E-state index contributed by atoms with van der Waals surface area (Å²) in [6.45, 7) is 5.98. The van der Waals surface area contributed by atoms with Gasteiger partial charge in [-0.15, -0.1) is 0 Å². The van der Waals surface area contributed by atoms with Crippen LogP contribution in [0.4, 0.5) is 5.69 Å². The predicted octanol–water partition coefficient (Wildman–Crippen LogP) is 2.45. The van der Waals surface area contributed by atoms with E-state index in [2.05, 4.69) is 0 Å². The number of rotatable bonds is 2. The van der Waals surface area contributed by atoms with Crippen molar-refractivity contribution in [1.82, 2.24) is 4.90 Å². The van der Waals surface area contributed by atoms with Crippen LogP contribution in [0.3, 0.4) is 0 Å². The van der Waals surface area contributed by atoms with Crippen LogP contribution in [-0.4, -0.2) is 48.6 Å². The first-order valence-electron chi connectivity index (χ1n) is 8.40. The number of hydrogen-bond acceptors (Lipinski definition) is 3. The zero-order chi connectivity index (χ0) is 16.4. The normalized spacial score (nSPS) is 25.6. The number of piperidine rings is 1. The van der Waals surface area contributed by atoms with Crippen molar-refractivity contribution in [3.05, 3.63) is 29.8 Å². The van der Waals surface area contributed by atoms with Gasteiger partial charge in [-0.3, -0.25) is 9.59 Å². The predicted molar refractivity (Wildman–Crippen MR) is 88.6 cm³/mol. The maximum absolute atomic E-state index is 12.6. The quantitative estimate of drug-likeness (QED) is 0.842. The molecule has 2 amide bonds. The van der Waals surface area contributed by atoms with Crippen LogP contribution in [0.25, 0.3) is 0 Å². The van der Waals surface area contributed by atoms with Gasteiger partial charge >= 0.3 is 0 Å². The number of anilines is 1. The molecule has 0 radical (unpaired) electrons. The Morgan fingerprint density at radius 3 is 2.35 bits per heavy atom. The van der Waals surface area contributed by atoms with Gasteiger partial charge in [-0.2, -0.15) is 0 Å². The highest BCUT2D eigenvalue weighted by molar-refractivity contribution is 5.97. The zero-order valence-electron chi connectivity index (χ0n) is 13.8. The maximum Gasteiger partial charge on any atom is 0.254 e. The Morgan fingerprint density at radius 1 is 1.09 bits per heavy atom. The zero-order valence-corrected chi connectivity index (χ0v) is 13.8. The summed E-state index contributed by atoms with van der Waals surface area (Å²) >= 11 is 0. The van der Waals surface area contributed by atoms with Gasteiger partial charge in [0, 0.05) is 37.3 Å². The summed E-state index contributed by atoms with van der Waals surface area (Å²) < 4.78 is 5.67. The number of morpholine rings is 1. The minimum atomic E-state index is 0.0310. The first kappa shape index (κ1) is 16.0. The molecule has 2 aliphatic rings. The molecule has 0 N–H and O–H groups in total. The molecule has 0 spiro atoms. The second kappa shape index (κ2) is 6.71. The van der Waals surface area contributed by atoms with Gasteiger partial charge in [-0.1, -0.05) is 0 Å². The molecule has 2 aliphatic heterocycles. The van der Waals surface area contributed by atoms with Crippen LogP contribution in [0, 0.1) is 0 Å². The molecule has 0 bridgehead atoms. The molecule has 5 heteroatoms. The van der Waals surface area contributed by atoms with Crippen LogP contribution in [0.5, 0.6) is 0 Å². The average molecular weight is 316 g/mol. The van der Waals surface area contributed by atoms with E-state index < -0.39 is 0 Å². The van der Waals surface area contributed by atoms with Gasteiger partial charge in [0.25, 0.3) is 5.91 Å². The molecule has 0 saturated carbocycles. The van der Waals surface area contributed by atoms with E-state index in [0.717, 1.165) is 25.1 Å². The smallest absolute Gasteiger partial charge is 0.254 e. The van der Waals surface area contributed by atoms with Crippen molar-refractivity contribution < 1.29 is 14.3 Å². The molecule has 3 rings (SSSR count). The van der Waals surface area contributed by atoms with E-state index in [1.807, 2.05) is 47.9 Å². The number of nitrogens with zero attached hydrogens (tertiary/aromatic N) is 2. The summed E-state index contributed by atoms with van der Waals surface area (Å²) in [5.41, 5.74) is 1.55. The number of carbonyl (C=O) groups excluding carboxylic acids is 2. The van der Waals surface area contributed by atoms with Crippen molar-refractivity contribution in [2.45, 2.75) is 45.3 Å². The molecular formula is C18H24N2O3. The minimum Gasteiger partial charge on any atom is -0.372 e. The van der Waals surface area contributed by atoms with Crippen molar-refractivity contribution in [2.24, 2.45) is 0 Å². The van der Waals surface area contributed by atoms with Gasteiger partial charge in [0.05, 0.1) is 12.2 Å². The van der Waals surface area contributed by atoms with Crippen molar-refractivity contribution in [3.63, 3.8) is 0 Å². The topological polar surface area (TPSA) is 49.9 Å². The first-order chi connectivity index (χ1) is 11.0. The van der Waals surface area contributed by atoms with Crippen molar-refractivity contribution >= 4 is 17.5 Å². The van der Waals surface area contributed by atoms with Gasteiger partial charge in [-0.05, 0) is 51.0 Å². The third kappa shape index (κ3) is 3.55. The Bertz CT molecular complexity index is 574. The summed E-state index contributed by atoms with van der Waals surface area (Å²) in [7, 11) is 0. The van der Waals surface area contributed by atoms with E-state index in [1.54, 1.807) is 0 Å².